The predicted molar refractivity (Wildman–Crippen MR) is 80.4 cm³/mol. The SMILES string of the molecule is Cc1ccccc1[C@H](C)NC(=O)C1CC12CCNCC2. The second-order valence-corrected chi connectivity index (χ2v) is 6.46. The molecule has 1 heterocycles. The first-order valence-electron chi connectivity index (χ1n) is 7.69. The van der Waals surface area contributed by atoms with Crippen LogP contribution in [0.15, 0.2) is 24.3 Å². The molecule has 3 nitrogen and oxygen atoms in total. The van der Waals surface area contributed by atoms with Crippen molar-refractivity contribution in [1.82, 2.24) is 10.6 Å². The molecule has 3 heteroatoms. The van der Waals surface area contributed by atoms with Crippen LogP contribution in [-0.2, 0) is 4.79 Å². The maximum Gasteiger partial charge on any atom is 0.224 e. The van der Waals surface area contributed by atoms with Gasteiger partial charge >= 0.3 is 0 Å². The molecule has 1 aliphatic carbocycles. The number of piperidine rings is 1. The first-order valence-corrected chi connectivity index (χ1v) is 7.69. The lowest BCUT2D eigenvalue weighted by Crippen LogP contribution is -2.34. The molecule has 2 fully saturated rings. The third-order valence-electron chi connectivity index (χ3n) is 5.12. The van der Waals surface area contributed by atoms with Crippen LogP contribution >= 0.6 is 0 Å². The third kappa shape index (κ3) is 2.47. The number of hydrogen-bond acceptors (Lipinski definition) is 2. The number of nitrogens with one attached hydrogen (secondary N) is 2. The fraction of sp³-hybridized carbons (Fsp3) is 0.588. The summed E-state index contributed by atoms with van der Waals surface area (Å²) in [6.07, 6.45) is 3.40. The zero-order chi connectivity index (χ0) is 14.2. The summed E-state index contributed by atoms with van der Waals surface area (Å²) in [4.78, 5) is 12.4. The Morgan fingerprint density at radius 3 is 2.75 bits per heavy atom. The van der Waals surface area contributed by atoms with Crippen LogP contribution in [0.25, 0.3) is 0 Å². The third-order valence-corrected chi connectivity index (χ3v) is 5.12. The van der Waals surface area contributed by atoms with E-state index in [4.69, 9.17) is 0 Å². The van der Waals surface area contributed by atoms with E-state index >= 15 is 0 Å². The van der Waals surface area contributed by atoms with E-state index in [1.807, 2.05) is 12.1 Å². The quantitative estimate of drug-likeness (QED) is 0.888. The van der Waals surface area contributed by atoms with Crippen LogP contribution in [0.1, 0.15) is 43.4 Å². The standard InChI is InChI=1S/C17H24N2O/c1-12-5-3-4-6-14(12)13(2)19-16(20)15-11-17(15)7-9-18-10-8-17/h3-6,13,15,18H,7-11H2,1-2H3,(H,19,20)/t13-,15?/m0/s1. The molecule has 20 heavy (non-hydrogen) atoms. The summed E-state index contributed by atoms with van der Waals surface area (Å²) in [5, 5.41) is 6.59. The molecular formula is C17H24N2O. The van der Waals surface area contributed by atoms with Gasteiger partial charge in [-0.25, -0.2) is 0 Å². The van der Waals surface area contributed by atoms with Crippen molar-refractivity contribution in [2.24, 2.45) is 11.3 Å². The van der Waals surface area contributed by atoms with E-state index in [2.05, 4.69) is 36.6 Å². The Morgan fingerprint density at radius 1 is 1.35 bits per heavy atom. The molecule has 3 rings (SSSR count). The molecular weight excluding hydrogens is 248 g/mol. The minimum Gasteiger partial charge on any atom is -0.349 e. The maximum atomic E-state index is 12.4. The first kappa shape index (κ1) is 13.6. The van der Waals surface area contributed by atoms with Gasteiger partial charge in [-0.15, -0.1) is 0 Å². The van der Waals surface area contributed by atoms with Crippen LogP contribution in [0.5, 0.6) is 0 Å². The van der Waals surface area contributed by atoms with Gasteiger partial charge in [0.2, 0.25) is 5.91 Å². The van der Waals surface area contributed by atoms with Gasteiger partial charge in [-0.05, 0) is 62.7 Å². The zero-order valence-electron chi connectivity index (χ0n) is 12.4. The minimum absolute atomic E-state index is 0.100. The Bertz CT molecular complexity index is 505. The molecule has 2 aliphatic rings. The lowest BCUT2D eigenvalue weighted by molar-refractivity contribution is -0.123. The second kappa shape index (κ2) is 5.21. The van der Waals surface area contributed by atoms with E-state index in [0.29, 0.717) is 5.41 Å². The highest BCUT2D eigenvalue weighted by Crippen LogP contribution is 2.58. The zero-order valence-corrected chi connectivity index (χ0v) is 12.4. The van der Waals surface area contributed by atoms with Crippen molar-refractivity contribution in [2.75, 3.05) is 13.1 Å². The molecule has 1 amide bonds. The predicted octanol–water partition coefficient (Wildman–Crippen LogP) is 2.56. The van der Waals surface area contributed by atoms with E-state index in [0.717, 1.165) is 32.4 Å². The van der Waals surface area contributed by atoms with Crippen LogP contribution in [0, 0.1) is 18.3 Å². The maximum absolute atomic E-state index is 12.4. The topological polar surface area (TPSA) is 41.1 Å². The van der Waals surface area contributed by atoms with Gasteiger partial charge in [0.1, 0.15) is 0 Å². The summed E-state index contributed by atoms with van der Waals surface area (Å²) in [5.41, 5.74) is 2.79. The van der Waals surface area contributed by atoms with Gasteiger partial charge < -0.3 is 10.6 Å². The molecule has 1 aromatic rings. The molecule has 1 unspecified atom stereocenters. The van der Waals surface area contributed by atoms with Crippen molar-refractivity contribution in [3.05, 3.63) is 35.4 Å². The summed E-state index contributed by atoms with van der Waals surface area (Å²) in [6, 6.07) is 8.38. The highest BCUT2D eigenvalue weighted by atomic mass is 16.2. The van der Waals surface area contributed by atoms with E-state index in [1.165, 1.54) is 11.1 Å². The number of aryl methyl sites for hydroxylation is 1. The summed E-state index contributed by atoms with van der Waals surface area (Å²) in [5.74, 6) is 0.499. The normalized spacial score (nSPS) is 25.2. The lowest BCUT2D eigenvalue weighted by atomic mass is 9.91. The average Bonchev–Trinajstić information content (AvgIpc) is 3.13. The van der Waals surface area contributed by atoms with Crippen LogP contribution in [-0.4, -0.2) is 19.0 Å². The molecule has 0 aromatic heterocycles. The molecule has 1 aromatic carbocycles. The van der Waals surface area contributed by atoms with Crippen molar-refractivity contribution in [1.29, 1.82) is 0 Å². The van der Waals surface area contributed by atoms with Crippen molar-refractivity contribution in [2.45, 2.75) is 39.2 Å². The Balaban J connectivity index is 1.61. The highest BCUT2D eigenvalue weighted by molar-refractivity contribution is 5.83. The molecule has 1 aliphatic heterocycles. The molecule has 1 saturated carbocycles. The van der Waals surface area contributed by atoms with Gasteiger partial charge in [-0.3, -0.25) is 4.79 Å². The van der Waals surface area contributed by atoms with E-state index in [1.54, 1.807) is 0 Å². The summed E-state index contributed by atoms with van der Waals surface area (Å²) >= 11 is 0. The van der Waals surface area contributed by atoms with Gasteiger partial charge in [0, 0.05) is 5.92 Å². The fourth-order valence-electron chi connectivity index (χ4n) is 3.66. The number of carbonyl (C=O) groups excluding carboxylic acids is 1. The Morgan fingerprint density at radius 2 is 2.05 bits per heavy atom. The Kier molecular flexibility index (Phi) is 3.55. The van der Waals surface area contributed by atoms with Gasteiger partial charge in [-0.1, -0.05) is 24.3 Å². The second-order valence-electron chi connectivity index (χ2n) is 6.46. The number of amides is 1. The molecule has 1 saturated heterocycles. The fourth-order valence-corrected chi connectivity index (χ4v) is 3.66. The Hall–Kier alpha value is -1.35. The number of benzene rings is 1. The number of hydrogen-bond donors (Lipinski definition) is 2. The molecule has 0 radical (unpaired) electrons. The van der Waals surface area contributed by atoms with E-state index in [9.17, 15) is 4.79 Å². The van der Waals surface area contributed by atoms with Crippen LogP contribution in [0.4, 0.5) is 0 Å². The van der Waals surface area contributed by atoms with Crippen molar-refractivity contribution >= 4 is 5.91 Å². The summed E-state index contributed by atoms with van der Waals surface area (Å²) in [7, 11) is 0. The molecule has 108 valence electrons. The van der Waals surface area contributed by atoms with Crippen LogP contribution in [0.2, 0.25) is 0 Å². The highest BCUT2D eigenvalue weighted by Gasteiger charge is 2.57. The minimum atomic E-state index is 0.100. The first-order chi connectivity index (χ1) is 9.62. The van der Waals surface area contributed by atoms with Crippen LogP contribution < -0.4 is 10.6 Å². The number of carbonyl (C=O) groups is 1. The van der Waals surface area contributed by atoms with E-state index in [-0.39, 0.29) is 17.9 Å². The smallest absolute Gasteiger partial charge is 0.224 e. The average molecular weight is 272 g/mol. The molecule has 2 atom stereocenters. The van der Waals surface area contributed by atoms with Gasteiger partial charge in [0.15, 0.2) is 0 Å². The molecule has 1 spiro atoms. The van der Waals surface area contributed by atoms with Crippen molar-refractivity contribution < 1.29 is 4.79 Å². The summed E-state index contributed by atoms with van der Waals surface area (Å²) in [6.45, 7) is 6.31. The van der Waals surface area contributed by atoms with E-state index < -0.39 is 0 Å². The largest absolute Gasteiger partial charge is 0.349 e. The van der Waals surface area contributed by atoms with Crippen molar-refractivity contribution in [3.8, 4) is 0 Å². The van der Waals surface area contributed by atoms with Gasteiger partial charge in [0.25, 0.3) is 0 Å². The van der Waals surface area contributed by atoms with Crippen LogP contribution in [0.3, 0.4) is 0 Å². The van der Waals surface area contributed by atoms with Gasteiger partial charge in [-0.2, -0.15) is 0 Å². The monoisotopic (exact) mass is 272 g/mol. The molecule has 0 bridgehead atoms. The number of rotatable bonds is 3. The Labute approximate surface area is 121 Å². The van der Waals surface area contributed by atoms with Crippen molar-refractivity contribution in [3.63, 3.8) is 0 Å². The lowest BCUT2D eigenvalue weighted by Gasteiger charge is -2.24. The van der Waals surface area contributed by atoms with Gasteiger partial charge in [0.05, 0.1) is 6.04 Å². The molecule has 2 N–H and O–H groups in total. The summed E-state index contributed by atoms with van der Waals surface area (Å²) < 4.78 is 0.